The highest BCUT2D eigenvalue weighted by Crippen LogP contribution is 2.48. The molecule has 4 heteroatoms. The zero-order valence-corrected chi connectivity index (χ0v) is 13.3. The van der Waals surface area contributed by atoms with Crippen LogP contribution in [0.5, 0.6) is 0 Å². The maximum atomic E-state index is 14.5. The van der Waals surface area contributed by atoms with E-state index in [0.717, 1.165) is 43.4 Å². The maximum absolute atomic E-state index is 14.5. The first-order chi connectivity index (χ1) is 11.7. The van der Waals surface area contributed by atoms with Gasteiger partial charge in [0.2, 0.25) is 5.91 Å². The molecule has 1 fully saturated rings. The zero-order valence-electron chi connectivity index (χ0n) is 13.3. The molecule has 1 aliphatic heterocycles. The third-order valence-corrected chi connectivity index (χ3v) is 5.39. The quantitative estimate of drug-likeness (QED) is 0.829. The molecule has 24 heavy (non-hydrogen) atoms. The molecule has 2 aromatic rings. The van der Waals surface area contributed by atoms with Gasteiger partial charge in [0.05, 0.1) is 11.0 Å². The maximum Gasteiger partial charge on any atom is 0.235 e. The SMILES string of the molecule is O=Cc1cccc(-c2ccc3c(c2)C2(CCCCC2)C(=O)N3)c1F. The Morgan fingerprint density at radius 2 is 1.88 bits per heavy atom. The molecule has 1 heterocycles. The molecule has 3 nitrogen and oxygen atoms in total. The van der Waals surface area contributed by atoms with E-state index >= 15 is 0 Å². The van der Waals surface area contributed by atoms with Gasteiger partial charge >= 0.3 is 0 Å². The zero-order chi connectivity index (χ0) is 16.7. The lowest BCUT2D eigenvalue weighted by Crippen LogP contribution is -2.36. The minimum absolute atomic E-state index is 0.0505. The fourth-order valence-corrected chi connectivity index (χ4v) is 4.10. The summed E-state index contributed by atoms with van der Waals surface area (Å²) in [6.07, 6.45) is 5.43. The fraction of sp³-hybridized carbons (Fsp3) is 0.300. The first-order valence-corrected chi connectivity index (χ1v) is 8.36. The Balaban J connectivity index is 1.85. The summed E-state index contributed by atoms with van der Waals surface area (Å²) in [7, 11) is 0. The fourth-order valence-electron chi connectivity index (χ4n) is 4.10. The van der Waals surface area contributed by atoms with Gasteiger partial charge in [0.15, 0.2) is 6.29 Å². The van der Waals surface area contributed by atoms with Gasteiger partial charge in [-0.25, -0.2) is 4.39 Å². The minimum atomic E-state index is -0.512. The molecule has 0 aromatic heterocycles. The van der Waals surface area contributed by atoms with Gasteiger partial charge in [0.1, 0.15) is 5.82 Å². The van der Waals surface area contributed by atoms with Crippen LogP contribution in [-0.2, 0) is 10.2 Å². The summed E-state index contributed by atoms with van der Waals surface area (Å²) in [5, 5.41) is 2.98. The van der Waals surface area contributed by atoms with E-state index in [4.69, 9.17) is 0 Å². The Morgan fingerprint density at radius 3 is 2.62 bits per heavy atom. The number of nitrogens with one attached hydrogen (secondary N) is 1. The smallest absolute Gasteiger partial charge is 0.235 e. The monoisotopic (exact) mass is 323 g/mol. The first-order valence-electron chi connectivity index (χ1n) is 8.36. The summed E-state index contributed by atoms with van der Waals surface area (Å²) < 4.78 is 14.5. The van der Waals surface area contributed by atoms with Crippen molar-refractivity contribution in [2.24, 2.45) is 0 Å². The molecule has 2 aromatic carbocycles. The summed E-state index contributed by atoms with van der Waals surface area (Å²) in [5.74, 6) is -0.445. The molecule has 122 valence electrons. The van der Waals surface area contributed by atoms with Crippen molar-refractivity contribution in [3.05, 3.63) is 53.3 Å². The molecule has 1 spiro atoms. The number of aldehydes is 1. The molecule has 0 unspecified atom stereocenters. The van der Waals surface area contributed by atoms with Gasteiger partial charge < -0.3 is 5.32 Å². The van der Waals surface area contributed by atoms with E-state index in [0.29, 0.717) is 17.4 Å². The predicted octanol–water partition coefficient (Wildman–Crippen LogP) is 4.46. The molecule has 1 saturated carbocycles. The van der Waals surface area contributed by atoms with Crippen molar-refractivity contribution in [3.63, 3.8) is 0 Å². The predicted molar refractivity (Wildman–Crippen MR) is 90.6 cm³/mol. The average Bonchev–Trinajstić information content (AvgIpc) is 2.87. The Bertz CT molecular complexity index is 838. The van der Waals surface area contributed by atoms with Crippen LogP contribution in [0.15, 0.2) is 36.4 Å². The van der Waals surface area contributed by atoms with E-state index in [2.05, 4.69) is 5.32 Å². The van der Waals surface area contributed by atoms with Crippen molar-refractivity contribution in [2.45, 2.75) is 37.5 Å². The summed E-state index contributed by atoms with van der Waals surface area (Å²) in [5.41, 5.74) is 2.49. The van der Waals surface area contributed by atoms with Crippen LogP contribution < -0.4 is 5.32 Å². The Morgan fingerprint density at radius 1 is 1.08 bits per heavy atom. The van der Waals surface area contributed by atoms with Gasteiger partial charge in [-0.15, -0.1) is 0 Å². The van der Waals surface area contributed by atoms with Crippen LogP contribution in [0, 0.1) is 5.82 Å². The van der Waals surface area contributed by atoms with Crippen LogP contribution >= 0.6 is 0 Å². The molecule has 0 bridgehead atoms. The van der Waals surface area contributed by atoms with Crippen LogP contribution in [0.1, 0.15) is 48.0 Å². The van der Waals surface area contributed by atoms with Crippen LogP contribution in [0.25, 0.3) is 11.1 Å². The van der Waals surface area contributed by atoms with E-state index in [1.165, 1.54) is 6.07 Å². The lowest BCUT2D eigenvalue weighted by Gasteiger charge is -2.31. The summed E-state index contributed by atoms with van der Waals surface area (Å²) in [6, 6.07) is 10.4. The van der Waals surface area contributed by atoms with E-state index in [1.54, 1.807) is 18.2 Å². The van der Waals surface area contributed by atoms with Crippen molar-refractivity contribution in [2.75, 3.05) is 5.32 Å². The van der Waals surface area contributed by atoms with E-state index in [9.17, 15) is 14.0 Å². The lowest BCUT2D eigenvalue weighted by atomic mass is 9.70. The largest absolute Gasteiger partial charge is 0.325 e. The van der Waals surface area contributed by atoms with Gasteiger partial charge in [0.25, 0.3) is 0 Å². The Kier molecular flexibility index (Phi) is 3.48. The van der Waals surface area contributed by atoms with Crippen molar-refractivity contribution < 1.29 is 14.0 Å². The molecule has 1 N–H and O–H groups in total. The van der Waals surface area contributed by atoms with Gasteiger partial charge in [-0.2, -0.15) is 0 Å². The van der Waals surface area contributed by atoms with E-state index in [-0.39, 0.29) is 11.5 Å². The third kappa shape index (κ3) is 2.09. The number of hydrogen-bond acceptors (Lipinski definition) is 2. The number of carbonyl (C=O) groups excluding carboxylic acids is 2. The van der Waals surface area contributed by atoms with Crippen LogP contribution in [0.4, 0.5) is 10.1 Å². The standard InChI is InChI=1S/C20H18FNO2/c21-18-14(12-23)5-4-6-15(18)13-7-8-17-16(11-13)20(19(24)22-17)9-2-1-3-10-20/h4-8,11-12H,1-3,9-10H2,(H,22,24). The number of benzene rings is 2. The molecule has 4 rings (SSSR count). The highest BCUT2D eigenvalue weighted by molar-refractivity contribution is 6.06. The van der Waals surface area contributed by atoms with Crippen molar-refractivity contribution in [3.8, 4) is 11.1 Å². The molecule has 0 saturated heterocycles. The normalized spacial score (nSPS) is 18.3. The van der Waals surface area contributed by atoms with Gasteiger partial charge in [-0.1, -0.05) is 37.5 Å². The number of amides is 1. The highest BCUT2D eigenvalue weighted by atomic mass is 19.1. The van der Waals surface area contributed by atoms with Crippen LogP contribution in [-0.4, -0.2) is 12.2 Å². The van der Waals surface area contributed by atoms with Gasteiger partial charge in [-0.05, 0) is 42.2 Å². The highest BCUT2D eigenvalue weighted by Gasteiger charge is 2.47. The molecule has 2 aliphatic rings. The number of anilines is 1. The minimum Gasteiger partial charge on any atom is -0.325 e. The molecular weight excluding hydrogens is 305 g/mol. The van der Waals surface area contributed by atoms with E-state index < -0.39 is 11.2 Å². The first kappa shape index (κ1) is 15.1. The average molecular weight is 323 g/mol. The van der Waals surface area contributed by atoms with Crippen molar-refractivity contribution in [1.82, 2.24) is 0 Å². The lowest BCUT2D eigenvalue weighted by molar-refractivity contribution is -0.121. The second kappa shape index (κ2) is 5.55. The van der Waals surface area contributed by atoms with Crippen molar-refractivity contribution in [1.29, 1.82) is 0 Å². The molecular formula is C20H18FNO2. The topological polar surface area (TPSA) is 46.2 Å². The Labute approximate surface area is 139 Å². The molecule has 1 amide bonds. The summed E-state index contributed by atoms with van der Waals surface area (Å²) >= 11 is 0. The summed E-state index contributed by atoms with van der Waals surface area (Å²) in [4.78, 5) is 23.6. The number of carbonyl (C=O) groups is 2. The third-order valence-electron chi connectivity index (χ3n) is 5.39. The van der Waals surface area contributed by atoms with E-state index in [1.807, 2.05) is 12.1 Å². The van der Waals surface area contributed by atoms with Crippen molar-refractivity contribution >= 4 is 17.9 Å². The molecule has 1 aliphatic carbocycles. The van der Waals surface area contributed by atoms with Crippen LogP contribution in [0.2, 0.25) is 0 Å². The molecule has 0 radical (unpaired) electrons. The number of rotatable bonds is 2. The van der Waals surface area contributed by atoms with Gasteiger partial charge in [0, 0.05) is 11.3 Å². The second-order valence-electron chi connectivity index (χ2n) is 6.68. The van der Waals surface area contributed by atoms with Crippen LogP contribution in [0.3, 0.4) is 0 Å². The molecule has 0 atom stereocenters. The second-order valence-corrected chi connectivity index (χ2v) is 6.68. The number of hydrogen-bond donors (Lipinski definition) is 1. The van der Waals surface area contributed by atoms with Gasteiger partial charge in [-0.3, -0.25) is 9.59 Å². The summed E-state index contributed by atoms with van der Waals surface area (Å²) in [6.45, 7) is 0. The Hall–Kier alpha value is -2.49. The number of fused-ring (bicyclic) bond motifs is 2. The number of halogens is 1.